The zero-order valence-corrected chi connectivity index (χ0v) is 62.9. The quantitative estimate of drug-likeness (QED) is 0.0884. The van der Waals surface area contributed by atoms with E-state index < -0.39 is 217 Å². The molecule has 28 heteroatoms. The largest absolute Gasteiger partial charge is 0.459 e. The number of Topliss-reactive ketones (excluding diaryl/α,β-unsaturated/α-hetero) is 2. The highest BCUT2D eigenvalue weighted by molar-refractivity contribution is 6.24. The number of cyclic esters (lactones) is 1. The molecular weight excluding hydrogens is 1370 g/mol. The number of aliphatic hydroxyl groups excluding tert-OH is 13. The highest BCUT2D eigenvalue weighted by Gasteiger charge is 2.57. The monoisotopic (exact) mass is 1490 g/mol. The van der Waals surface area contributed by atoms with Gasteiger partial charge in [0.2, 0.25) is 5.78 Å². The lowest BCUT2D eigenvalue weighted by Gasteiger charge is -2.47. The zero-order chi connectivity index (χ0) is 78.0. The summed E-state index contributed by atoms with van der Waals surface area (Å²) in [5.74, 6) is -12.3. The Morgan fingerprint density at radius 1 is 0.657 bits per heavy atom. The summed E-state index contributed by atoms with van der Waals surface area (Å²) in [5.41, 5.74) is -0.586. The molecule has 0 aromatic heterocycles. The number of fused-ring (bicyclic) bond motifs is 4. The Balaban J connectivity index is 0.948. The molecule has 15 N–H and O–H groups in total. The second kappa shape index (κ2) is 38.6. The fraction of sp³-hybridized carbons (Fsp3) is 0.805. The van der Waals surface area contributed by atoms with Gasteiger partial charge in [0.15, 0.2) is 24.1 Å². The van der Waals surface area contributed by atoms with E-state index in [1.807, 2.05) is 6.92 Å². The number of hydrogen-bond donors (Lipinski definition) is 15. The maximum absolute atomic E-state index is 13.9. The number of ether oxygens (including phenoxy) is 8. The molecule has 5 aliphatic heterocycles. The van der Waals surface area contributed by atoms with E-state index in [1.165, 1.54) is 44.2 Å². The van der Waals surface area contributed by atoms with Gasteiger partial charge in [-0.2, -0.15) is 0 Å². The Morgan fingerprint density at radius 3 is 1.94 bits per heavy atom. The number of rotatable bonds is 15. The molecule has 598 valence electrons. The molecule has 6 aliphatic rings. The summed E-state index contributed by atoms with van der Waals surface area (Å²) in [6, 6.07) is 4.40. The van der Waals surface area contributed by atoms with Crippen molar-refractivity contribution >= 4 is 29.3 Å². The van der Waals surface area contributed by atoms with E-state index in [-0.39, 0.29) is 118 Å². The summed E-state index contributed by atoms with van der Waals surface area (Å²) < 4.78 is 49.1. The number of ketones is 3. The fourth-order valence-corrected chi connectivity index (χ4v) is 15.8. The standard InChI is InChI=1S/C77H122O28/c1-13-59(100-63-35-76(12,96)74(45(11)99-63)103-62-27-25-60(44(10)98-62)101-75(95)42(8)68(92)46-22-24-53-54(29-46)57(85)28-38(4)64(53)88)39(5)66(90)40(6)67(91)41(7)69-43(9)70-71(104-70)55(83)19-15-18-48(79)30-50(81)31-51(82)32-52-34-58(86)72(93)77(97,105-52)73(94)65(89)37(3)20-23-47(78)16-14-17-49(80)33-56(84)36(2)21-26-61(87)102-69/h21-22,24,26,28-29,36-37,39-45,47-52,55-56,58-60,62-63,65-72,74,78-84,86,89-93,96-97H,13-20,23,25,27,30-35H2,1-12H3/t36-,37+,39-,40+,41-,42+,43+,44+,45-,47+,48+,49+,50+,51-,52+,55-,56+,58-,59-,60-,62-,63-,65-,66-,67-,68-,69+,70-,71-,72+,74+,76+,77+/m0/s1. The number of aliphatic hydroxyl groups is 15. The van der Waals surface area contributed by atoms with Crippen LogP contribution >= 0.6 is 0 Å². The molecule has 1 aromatic carbocycles. The van der Waals surface area contributed by atoms with E-state index in [2.05, 4.69) is 0 Å². The molecule has 5 heterocycles. The average molecular weight is 1500 g/mol. The third-order valence-electron chi connectivity index (χ3n) is 22.9. The minimum atomic E-state index is -3.07. The topological polar surface area (TPSA) is 466 Å². The van der Waals surface area contributed by atoms with Gasteiger partial charge in [0.25, 0.3) is 5.79 Å². The Bertz CT molecular complexity index is 3050. The molecule has 4 saturated heterocycles. The van der Waals surface area contributed by atoms with Gasteiger partial charge in [-0.1, -0.05) is 60.6 Å². The number of epoxide rings is 1. The van der Waals surface area contributed by atoms with Crippen molar-refractivity contribution in [3.8, 4) is 0 Å². The molecule has 0 spiro atoms. The molecule has 7 rings (SSSR count). The van der Waals surface area contributed by atoms with Crippen molar-refractivity contribution in [3.05, 3.63) is 58.7 Å². The smallest absolute Gasteiger partial charge is 0.330 e. The molecule has 1 aromatic rings. The van der Waals surface area contributed by atoms with Crippen molar-refractivity contribution in [2.75, 3.05) is 0 Å². The van der Waals surface area contributed by atoms with E-state index in [9.17, 15) is 101 Å². The molecule has 33 atom stereocenters. The number of benzene rings is 1. The first kappa shape index (κ1) is 88.0. The van der Waals surface area contributed by atoms with Gasteiger partial charge in [0.1, 0.15) is 36.6 Å². The second-order valence-corrected chi connectivity index (χ2v) is 31.7. The van der Waals surface area contributed by atoms with Crippen molar-refractivity contribution in [2.24, 2.45) is 41.4 Å². The van der Waals surface area contributed by atoms with E-state index >= 15 is 0 Å². The van der Waals surface area contributed by atoms with Crippen LogP contribution in [0.3, 0.4) is 0 Å². The normalized spacial score (nSPS) is 40.5. The summed E-state index contributed by atoms with van der Waals surface area (Å²) in [4.78, 5) is 66.2. The van der Waals surface area contributed by atoms with E-state index in [0.717, 1.165) is 6.08 Å². The second-order valence-electron chi connectivity index (χ2n) is 31.7. The highest BCUT2D eigenvalue weighted by atomic mass is 16.7. The Kier molecular flexibility index (Phi) is 32.4. The average Bonchev–Trinajstić information content (AvgIpc) is 1.34. The first-order valence-electron chi connectivity index (χ1n) is 38.0. The maximum atomic E-state index is 13.9. The number of esters is 2. The van der Waals surface area contributed by atoms with Gasteiger partial charge >= 0.3 is 11.9 Å². The van der Waals surface area contributed by atoms with Crippen molar-refractivity contribution in [1.82, 2.24) is 0 Å². The molecule has 105 heavy (non-hydrogen) atoms. The first-order chi connectivity index (χ1) is 49.2. The predicted molar refractivity (Wildman–Crippen MR) is 376 cm³/mol. The first-order valence-corrected chi connectivity index (χ1v) is 38.0. The van der Waals surface area contributed by atoms with Crippen LogP contribution < -0.4 is 0 Å². The van der Waals surface area contributed by atoms with Crippen LogP contribution in [-0.4, -0.2) is 258 Å². The van der Waals surface area contributed by atoms with Crippen molar-refractivity contribution in [3.63, 3.8) is 0 Å². The van der Waals surface area contributed by atoms with Crippen LogP contribution in [-0.2, 0) is 52.3 Å². The number of allylic oxidation sites excluding steroid dienone is 2. The van der Waals surface area contributed by atoms with E-state index in [1.54, 1.807) is 62.3 Å². The molecule has 28 nitrogen and oxygen atoms in total. The molecule has 0 saturated carbocycles. The number of carbonyl (C=O) groups excluding carboxylic acids is 5. The minimum Gasteiger partial charge on any atom is -0.459 e. The van der Waals surface area contributed by atoms with Gasteiger partial charge in [-0.3, -0.25) is 19.2 Å². The maximum Gasteiger partial charge on any atom is 0.330 e. The molecule has 0 unspecified atom stereocenters. The zero-order valence-electron chi connectivity index (χ0n) is 62.9. The van der Waals surface area contributed by atoms with Gasteiger partial charge < -0.3 is 114 Å². The Hall–Kier alpha value is -4.19. The van der Waals surface area contributed by atoms with Crippen LogP contribution in [0.2, 0.25) is 0 Å². The van der Waals surface area contributed by atoms with Crippen LogP contribution in [0.15, 0.2) is 42.0 Å². The summed E-state index contributed by atoms with van der Waals surface area (Å²) >= 11 is 0. The molecule has 0 amide bonds. The number of carbonyl (C=O) groups is 5. The lowest BCUT2D eigenvalue weighted by atomic mass is 9.77. The SMILES string of the molecule is CC[C@H](O[C@H]1C[C@@](C)(O)[C@H](O[C@H]2CC[C@H](OC(=O)[C@H](C)[C@H](O)c3ccc4c(c3)C(=O)C=C(C)C4=O)[C@@H](C)O2)[C@H](C)O1)[C@H](C)[C@H](O)[C@@H](C)[C@H](O)[C@H](C)[C@H]1OC(=O)C=C[C@H](C)[C@H](O)C[C@H](O)CCC[C@@H](O)CC[C@@H](C)[C@H](O)C(=O)[C@]2(O)O[C@H](C[C@@H](O)C[C@H](O)C[C@H](O)CCC[C@H](O)[C@@H]3O[C@H]3[C@@H]1C)C[C@H](O)[C@H]2O. The summed E-state index contributed by atoms with van der Waals surface area (Å²) in [7, 11) is 0. The van der Waals surface area contributed by atoms with Crippen LogP contribution in [0.5, 0.6) is 0 Å². The van der Waals surface area contributed by atoms with Crippen molar-refractivity contribution in [2.45, 2.75) is 350 Å². The molecular formula is C77H122O28. The molecule has 4 fully saturated rings. The third-order valence-corrected chi connectivity index (χ3v) is 22.9. The van der Waals surface area contributed by atoms with Crippen LogP contribution in [0, 0.1) is 41.4 Å². The third kappa shape index (κ3) is 23.0. The predicted octanol–water partition coefficient (Wildman–Crippen LogP) is 3.31. The van der Waals surface area contributed by atoms with Gasteiger partial charge in [-0.05, 0) is 154 Å². The van der Waals surface area contributed by atoms with Gasteiger partial charge in [0.05, 0.1) is 109 Å². The van der Waals surface area contributed by atoms with Crippen molar-refractivity contribution < 1.29 is 138 Å². The molecule has 0 radical (unpaired) electrons. The van der Waals surface area contributed by atoms with Gasteiger partial charge in [0, 0.05) is 71.6 Å². The molecule has 2 bridgehead atoms. The summed E-state index contributed by atoms with van der Waals surface area (Å²) in [5, 5.41) is 169. The van der Waals surface area contributed by atoms with Crippen LogP contribution in [0.1, 0.15) is 225 Å². The summed E-state index contributed by atoms with van der Waals surface area (Å²) in [6.07, 6.45) is -22.1. The van der Waals surface area contributed by atoms with E-state index in [4.69, 9.17) is 37.9 Å². The fourth-order valence-electron chi connectivity index (χ4n) is 15.8. The van der Waals surface area contributed by atoms with Crippen molar-refractivity contribution in [1.29, 1.82) is 0 Å². The number of hydrogen-bond acceptors (Lipinski definition) is 28. The van der Waals surface area contributed by atoms with E-state index in [0.29, 0.717) is 24.8 Å². The lowest BCUT2D eigenvalue weighted by Crippen LogP contribution is -2.65. The highest BCUT2D eigenvalue weighted by Crippen LogP contribution is 2.43. The van der Waals surface area contributed by atoms with Gasteiger partial charge in [-0.15, -0.1) is 0 Å². The van der Waals surface area contributed by atoms with Gasteiger partial charge in [-0.25, -0.2) is 4.79 Å². The lowest BCUT2D eigenvalue weighted by molar-refractivity contribution is -0.330. The molecule has 1 aliphatic carbocycles. The Labute approximate surface area is 616 Å². The minimum absolute atomic E-state index is 0.0557. The summed E-state index contributed by atoms with van der Waals surface area (Å²) in [6.45, 7) is 19.9. The van der Waals surface area contributed by atoms with Crippen LogP contribution in [0.25, 0.3) is 0 Å². The Morgan fingerprint density at radius 2 is 1.29 bits per heavy atom. The van der Waals surface area contributed by atoms with Crippen LogP contribution in [0.4, 0.5) is 0 Å².